The van der Waals surface area contributed by atoms with Crippen LogP contribution in [0.5, 0.6) is 0 Å². The lowest BCUT2D eigenvalue weighted by Gasteiger charge is -2.19. The predicted molar refractivity (Wildman–Crippen MR) is 40.1 cm³/mol. The highest BCUT2D eigenvalue weighted by Crippen LogP contribution is 1.87. The van der Waals surface area contributed by atoms with Gasteiger partial charge in [0.15, 0.2) is 6.04 Å². The van der Waals surface area contributed by atoms with Gasteiger partial charge in [0.2, 0.25) is 0 Å². The molecule has 1 atom stereocenters. The number of hydrogen-bond donors (Lipinski definition) is 2. The van der Waals surface area contributed by atoms with Crippen molar-refractivity contribution in [3.8, 4) is 0 Å². The summed E-state index contributed by atoms with van der Waals surface area (Å²) in [5, 5.41) is 5.22. The fraction of sp³-hybridized carbons (Fsp3) is 0.857. The maximum Gasteiger partial charge on any atom is 0.329 e. The van der Waals surface area contributed by atoms with E-state index in [1.807, 2.05) is 6.92 Å². The second-order valence-electron chi connectivity index (χ2n) is 2.57. The second kappa shape index (κ2) is 4.31. The quantitative estimate of drug-likeness (QED) is 0.462. The molecule has 3 N–H and O–H groups in total. The number of carbonyl (C=O) groups is 1. The van der Waals surface area contributed by atoms with Crippen molar-refractivity contribution in [2.45, 2.75) is 13.0 Å². The van der Waals surface area contributed by atoms with Gasteiger partial charge >= 0.3 is 5.97 Å². The summed E-state index contributed by atoms with van der Waals surface area (Å²) in [6.45, 7) is 5.04. The number of ether oxygens (including phenoxy) is 1. The molecule has 1 rings (SSSR count). The van der Waals surface area contributed by atoms with Crippen molar-refractivity contribution >= 4 is 5.97 Å². The molecular formula is C7H15N2O2+. The van der Waals surface area contributed by atoms with Crippen molar-refractivity contribution in [2.75, 3.05) is 26.2 Å². The Hall–Kier alpha value is -0.610. The summed E-state index contributed by atoms with van der Waals surface area (Å²) in [7, 11) is 0. The lowest BCUT2D eigenvalue weighted by molar-refractivity contribution is -0.661. The third-order valence-corrected chi connectivity index (χ3v) is 1.71. The van der Waals surface area contributed by atoms with E-state index in [2.05, 4.69) is 10.6 Å². The first-order valence-corrected chi connectivity index (χ1v) is 4.06. The van der Waals surface area contributed by atoms with Crippen molar-refractivity contribution in [1.82, 2.24) is 5.32 Å². The molecular weight excluding hydrogens is 144 g/mol. The van der Waals surface area contributed by atoms with Crippen LogP contribution >= 0.6 is 0 Å². The average Bonchev–Trinajstić information content (AvgIpc) is 2.07. The Morgan fingerprint density at radius 3 is 3.18 bits per heavy atom. The molecule has 4 nitrogen and oxygen atoms in total. The zero-order chi connectivity index (χ0) is 8.10. The third kappa shape index (κ3) is 2.48. The maximum absolute atomic E-state index is 11.1. The van der Waals surface area contributed by atoms with E-state index < -0.39 is 0 Å². The van der Waals surface area contributed by atoms with E-state index in [1.165, 1.54) is 0 Å². The normalized spacial score (nSPS) is 24.6. The largest absolute Gasteiger partial charge is 0.465 e. The summed E-state index contributed by atoms with van der Waals surface area (Å²) < 4.78 is 4.86. The van der Waals surface area contributed by atoms with Crippen LogP contribution in [0.2, 0.25) is 0 Å². The first kappa shape index (κ1) is 8.49. The number of esters is 1. The van der Waals surface area contributed by atoms with Gasteiger partial charge < -0.3 is 10.1 Å². The van der Waals surface area contributed by atoms with E-state index in [0.717, 1.165) is 19.6 Å². The van der Waals surface area contributed by atoms with Gasteiger partial charge in [-0.2, -0.15) is 0 Å². The van der Waals surface area contributed by atoms with Crippen molar-refractivity contribution in [3.05, 3.63) is 0 Å². The molecule has 0 radical (unpaired) electrons. The van der Waals surface area contributed by atoms with E-state index in [-0.39, 0.29) is 12.0 Å². The third-order valence-electron chi connectivity index (χ3n) is 1.71. The van der Waals surface area contributed by atoms with Crippen LogP contribution in [0.15, 0.2) is 0 Å². The highest BCUT2D eigenvalue weighted by atomic mass is 16.5. The molecule has 0 unspecified atom stereocenters. The van der Waals surface area contributed by atoms with Crippen LogP contribution in [0, 0.1) is 0 Å². The molecule has 1 saturated heterocycles. The fourth-order valence-electron chi connectivity index (χ4n) is 1.15. The summed E-state index contributed by atoms with van der Waals surface area (Å²) in [5.74, 6) is -0.122. The summed E-state index contributed by atoms with van der Waals surface area (Å²) in [4.78, 5) is 11.1. The van der Waals surface area contributed by atoms with Gasteiger partial charge in [-0.25, -0.2) is 0 Å². The highest BCUT2D eigenvalue weighted by Gasteiger charge is 2.23. The van der Waals surface area contributed by atoms with E-state index in [4.69, 9.17) is 4.74 Å². The molecule has 4 heteroatoms. The molecule has 0 aromatic rings. The number of carbonyl (C=O) groups excluding carboxylic acids is 1. The van der Waals surface area contributed by atoms with Crippen LogP contribution < -0.4 is 10.6 Å². The molecule has 0 spiro atoms. The van der Waals surface area contributed by atoms with E-state index in [9.17, 15) is 4.79 Å². The summed E-state index contributed by atoms with van der Waals surface area (Å²) in [6, 6.07) is -0.0938. The fourth-order valence-corrected chi connectivity index (χ4v) is 1.15. The first-order chi connectivity index (χ1) is 5.34. The van der Waals surface area contributed by atoms with Gasteiger partial charge in [0.05, 0.1) is 13.2 Å². The molecule has 0 aromatic carbocycles. The summed E-state index contributed by atoms with van der Waals surface area (Å²) >= 11 is 0. The molecule has 64 valence electrons. The van der Waals surface area contributed by atoms with E-state index in [1.54, 1.807) is 0 Å². The van der Waals surface area contributed by atoms with Gasteiger partial charge in [-0.15, -0.1) is 0 Å². The Morgan fingerprint density at radius 2 is 2.64 bits per heavy atom. The Labute approximate surface area is 66.3 Å². The lowest BCUT2D eigenvalue weighted by atomic mass is 10.2. The van der Waals surface area contributed by atoms with Gasteiger partial charge in [-0.1, -0.05) is 0 Å². The molecule has 1 aliphatic rings. The molecule has 1 aliphatic heterocycles. The number of rotatable bonds is 2. The highest BCUT2D eigenvalue weighted by molar-refractivity contribution is 5.75. The molecule has 0 amide bonds. The predicted octanol–water partition coefficient (Wildman–Crippen LogP) is -1.92. The number of quaternary nitrogens is 1. The molecule has 1 heterocycles. The number of nitrogens with two attached hydrogens (primary N) is 1. The minimum atomic E-state index is -0.122. The molecule has 0 bridgehead atoms. The zero-order valence-electron chi connectivity index (χ0n) is 6.80. The van der Waals surface area contributed by atoms with E-state index >= 15 is 0 Å². The smallest absolute Gasteiger partial charge is 0.329 e. The van der Waals surface area contributed by atoms with Crippen LogP contribution in [0.1, 0.15) is 6.92 Å². The Balaban J connectivity index is 2.27. The van der Waals surface area contributed by atoms with Crippen LogP contribution in [0.3, 0.4) is 0 Å². The second-order valence-corrected chi connectivity index (χ2v) is 2.57. The summed E-state index contributed by atoms with van der Waals surface area (Å²) in [6.07, 6.45) is 0. The topological polar surface area (TPSA) is 54.9 Å². The van der Waals surface area contributed by atoms with Crippen LogP contribution in [-0.2, 0) is 9.53 Å². The minimum absolute atomic E-state index is 0.0938. The van der Waals surface area contributed by atoms with Crippen molar-refractivity contribution in [2.24, 2.45) is 0 Å². The van der Waals surface area contributed by atoms with Crippen LogP contribution in [-0.4, -0.2) is 38.3 Å². The average molecular weight is 159 g/mol. The SMILES string of the molecule is CCOC(=O)[C@H]1C[NH2+]CCN1. The summed E-state index contributed by atoms with van der Waals surface area (Å²) in [5.41, 5.74) is 0. The van der Waals surface area contributed by atoms with E-state index in [0.29, 0.717) is 6.61 Å². The molecule has 1 fully saturated rings. The Kier molecular flexibility index (Phi) is 3.32. The Morgan fingerprint density at radius 1 is 1.82 bits per heavy atom. The number of nitrogens with one attached hydrogen (secondary N) is 1. The zero-order valence-corrected chi connectivity index (χ0v) is 6.80. The molecule has 11 heavy (non-hydrogen) atoms. The minimum Gasteiger partial charge on any atom is -0.465 e. The van der Waals surface area contributed by atoms with Gasteiger partial charge in [0.25, 0.3) is 0 Å². The molecule has 0 aliphatic carbocycles. The first-order valence-electron chi connectivity index (χ1n) is 4.06. The van der Waals surface area contributed by atoms with Crippen LogP contribution in [0.25, 0.3) is 0 Å². The standard InChI is InChI=1S/C7H14N2O2/c1-2-11-7(10)6-5-8-3-4-9-6/h6,8-9H,2-5H2,1H3/p+1/t6-/m1/s1. The Bertz CT molecular complexity index is 132. The van der Waals surface area contributed by atoms with Gasteiger partial charge in [0, 0.05) is 6.54 Å². The maximum atomic E-state index is 11.1. The number of hydrogen-bond acceptors (Lipinski definition) is 3. The van der Waals surface area contributed by atoms with Crippen molar-refractivity contribution < 1.29 is 14.8 Å². The van der Waals surface area contributed by atoms with Crippen LogP contribution in [0.4, 0.5) is 0 Å². The number of piperazine rings is 1. The van der Waals surface area contributed by atoms with Gasteiger partial charge in [-0.3, -0.25) is 10.1 Å². The van der Waals surface area contributed by atoms with Gasteiger partial charge in [0.1, 0.15) is 6.54 Å². The monoisotopic (exact) mass is 159 g/mol. The molecule has 0 aromatic heterocycles. The van der Waals surface area contributed by atoms with Gasteiger partial charge in [-0.05, 0) is 6.92 Å². The lowest BCUT2D eigenvalue weighted by Crippen LogP contribution is -2.92. The van der Waals surface area contributed by atoms with Crippen molar-refractivity contribution in [1.29, 1.82) is 0 Å². The van der Waals surface area contributed by atoms with Crippen molar-refractivity contribution in [3.63, 3.8) is 0 Å². The molecule has 0 saturated carbocycles.